The van der Waals surface area contributed by atoms with E-state index in [1.165, 1.54) is 6.42 Å². The molecule has 2 rings (SSSR count). The molecule has 1 aromatic rings. The summed E-state index contributed by atoms with van der Waals surface area (Å²) in [6.45, 7) is 2.52. The van der Waals surface area contributed by atoms with Crippen molar-refractivity contribution in [2.75, 3.05) is 18.1 Å². The Kier molecular flexibility index (Phi) is 3.93. The van der Waals surface area contributed by atoms with Gasteiger partial charge >= 0.3 is 0 Å². The van der Waals surface area contributed by atoms with Crippen molar-refractivity contribution >= 4 is 23.4 Å². The minimum absolute atomic E-state index is 0.0373. The van der Waals surface area contributed by atoms with Crippen LogP contribution >= 0.6 is 11.8 Å². The minimum atomic E-state index is -0.0373. The quantitative estimate of drug-likeness (QED) is 0.839. The Bertz CT molecular complexity index is 393. The topological polar surface area (TPSA) is 59.0 Å². The molecule has 1 amide bonds. The van der Waals surface area contributed by atoms with E-state index in [0.29, 0.717) is 6.04 Å². The number of carbonyl (C=O) groups excluding carboxylic acids is 1. The Balaban J connectivity index is 1.87. The first-order valence-corrected chi connectivity index (χ1v) is 6.83. The highest BCUT2D eigenvalue weighted by molar-refractivity contribution is 8.00. The smallest absolute Gasteiger partial charge is 0.241 e. The first kappa shape index (κ1) is 12.3. The number of hydrogen-bond acceptors (Lipinski definition) is 4. The predicted octanol–water partition coefficient (Wildman–Crippen LogP) is 0.935. The lowest BCUT2D eigenvalue weighted by Crippen LogP contribution is -2.23. The van der Waals surface area contributed by atoms with Crippen LogP contribution in [0.3, 0.4) is 0 Å². The van der Waals surface area contributed by atoms with E-state index in [0.717, 1.165) is 16.7 Å². The normalized spacial score (nSPS) is 23.6. The maximum atomic E-state index is 11.2. The van der Waals surface area contributed by atoms with E-state index in [1.54, 1.807) is 17.9 Å². The molecule has 1 saturated heterocycles. The third kappa shape index (κ3) is 3.39. The van der Waals surface area contributed by atoms with Crippen LogP contribution in [0.25, 0.3) is 0 Å². The molecule has 0 aromatic carbocycles. The average molecular weight is 254 g/mol. The standard InChI is InChI=1S/C11H18N4OS/c1-8-3-9(7-17-8)14-10-4-13-15(5-10)6-11(16)12-2/h4-5,8-9,14H,3,6-7H2,1-2H3,(H,12,16)/t8-,9-/m1/s1. The van der Waals surface area contributed by atoms with Gasteiger partial charge in [0, 0.05) is 30.3 Å². The number of thioether (sulfide) groups is 1. The van der Waals surface area contributed by atoms with Gasteiger partial charge in [-0.15, -0.1) is 0 Å². The number of nitrogens with one attached hydrogen (secondary N) is 2. The van der Waals surface area contributed by atoms with Gasteiger partial charge in [0.2, 0.25) is 5.91 Å². The van der Waals surface area contributed by atoms with Gasteiger partial charge in [-0.1, -0.05) is 6.92 Å². The lowest BCUT2D eigenvalue weighted by molar-refractivity contribution is -0.121. The van der Waals surface area contributed by atoms with Crippen LogP contribution in [-0.2, 0) is 11.3 Å². The zero-order valence-electron chi connectivity index (χ0n) is 10.1. The number of nitrogens with zero attached hydrogens (tertiary/aromatic N) is 2. The Labute approximate surface area is 105 Å². The number of hydrogen-bond donors (Lipinski definition) is 2. The Morgan fingerprint density at radius 3 is 3.18 bits per heavy atom. The fraction of sp³-hybridized carbons (Fsp3) is 0.636. The highest BCUT2D eigenvalue weighted by Crippen LogP contribution is 2.28. The second kappa shape index (κ2) is 5.44. The molecule has 0 saturated carbocycles. The summed E-state index contributed by atoms with van der Waals surface area (Å²) >= 11 is 1.99. The van der Waals surface area contributed by atoms with Crippen molar-refractivity contribution in [3.05, 3.63) is 12.4 Å². The van der Waals surface area contributed by atoms with Gasteiger partial charge in [-0.05, 0) is 6.42 Å². The van der Waals surface area contributed by atoms with E-state index in [-0.39, 0.29) is 12.5 Å². The summed E-state index contributed by atoms with van der Waals surface area (Å²) in [5.41, 5.74) is 0.994. The summed E-state index contributed by atoms with van der Waals surface area (Å²) < 4.78 is 1.65. The maximum absolute atomic E-state index is 11.2. The molecule has 0 aliphatic carbocycles. The predicted molar refractivity (Wildman–Crippen MR) is 70.2 cm³/mol. The lowest BCUT2D eigenvalue weighted by Gasteiger charge is -2.10. The van der Waals surface area contributed by atoms with Crippen molar-refractivity contribution < 1.29 is 4.79 Å². The molecule has 17 heavy (non-hydrogen) atoms. The van der Waals surface area contributed by atoms with Gasteiger partial charge in [0.25, 0.3) is 0 Å². The first-order chi connectivity index (χ1) is 8.17. The van der Waals surface area contributed by atoms with Gasteiger partial charge < -0.3 is 10.6 Å². The zero-order chi connectivity index (χ0) is 12.3. The number of carbonyl (C=O) groups is 1. The van der Waals surface area contributed by atoms with Gasteiger partial charge in [-0.3, -0.25) is 9.48 Å². The summed E-state index contributed by atoms with van der Waals surface area (Å²) in [6.07, 6.45) is 4.84. The Morgan fingerprint density at radius 2 is 2.53 bits per heavy atom. The summed E-state index contributed by atoms with van der Waals surface area (Å²) in [5, 5.41) is 10.9. The summed E-state index contributed by atoms with van der Waals surface area (Å²) in [5.74, 6) is 1.10. The fourth-order valence-electron chi connectivity index (χ4n) is 1.90. The van der Waals surface area contributed by atoms with E-state index in [2.05, 4.69) is 22.7 Å². The molecule has 1 fully saturated rings. The molecule has 1 aliphatic rings. The SMILES string of the molecule is CNC(=O)Cn1cc(N[C@H]2CS[C@H](C)C2)cn1. The Hall–Kier alpha value is -1.17. The van der Waals surface area contributed by atoms with Crippen molar-refractivity contribution in [1.82, 2.24) is 15.1 Å². The first-order valence-electron chi connectivity index (χ1n) is 5.78. The van der Waals surface area contributed by atoms with Crippen LogP contribution in [0.5, 0.6) is 0 Å². The summed E-state index contributed by atoms with van der Waals surface area (Å²) in [7, 11) is 1.63. The largest absolute Gasteiger partial charge is 0.379 e. The number of amides is 1. The molecule has 2 N–H and O–H groups in total. The van der Waals surface area contributed by atoms with Gasteiger partial charge in [-0.2, -0.15) is 16.9 Å². The molecule has 2 heterocycles. The monoisotopic (exact) mass is 254 g/mol. The highest BCUT2D eigenvalue weighted by atomic mass is 32.2. The van der Waals surface area contributed by atoms with E-state index >= 15 is 0 Å². The molecular formula is C11H18N4OS. The van der Waals surface area contributed by atoms with E-state index < -0.39 is 0 Å². The third-order valence-electron chi connectivity index (χ3n) is 2.79. The second-order valence-corrected chi connectivity index (χ2v) is 5.79. The van der Waals surface area contributed by atoms with Crippen LogP contribution in [0.4, 0.5) is 5.69 Å². The highest BCUT2D eigenvalue weighted by Gasteiger charge is 2.21. The van der Waals surface area contributed by atoms with E-state index in [4.69, 9.17) is 0 Å². The van der Waals surface area contributed by atoms with Crippen LogP contribution in [-0.4, -0.2) is 39.8 Å². The Morgan fingerprint density at radius 1 is 1.71 bits per heavy atom. The number of rotatable bonds is 4. The van der Waals surface area contributed by atoms with Gasteiger partial charge in [0.1, 0.15) is 6.54 Å². The molecule has 1 aliphatic heterocycles. The minimum Gasteiger partial charge on any atom is -0.379 e. The molecule has 0 radical (unpaired) electrons. The molecule has 0 spiro atoms. The van der Waals surface area contributed by atoms with Crippen molar-refractivity contribution in [3.63, 3.8) is 0 Å². The number of anilines is 1. The zero-order valence-corrected chi connectivity index (χ0v) is 11.0. The van der Waals surface area contributed by atoms with Crippen molar-refractivity contribution in [1.29, 1.82) is 0 Å². The number of likely N-dealkylation sites (N-methyl/N-ethyl adjacent to an activating group) is 1. The van der Waals surface area contributed by atoms with Gasteiger partial charge in [0.15, 0.2) is 0 Å². The van der Waals surface area contributed by atoms with Crippen LogP contribution < -0.4 is 10.6 Å². The van der Waals surface area contributed by atoms with E-state index in [1.807, 2.05) is 18.0 Å². The van der Waals surface area contributed by atoms with Crippen LogP contribution in [0.2, 0.25) is 0 Å². The van der Waals surface area contributed by atoms with Gasteiger partial charge in [-0.25, -0.2) is 0 Å². The van der Waals surface area contributed by atoms with E-state index in [9.17, 15) is 4.79 Å². The molecule has 1 aromatic heterocycles. The summed E-state index contributed by atoms with van der Waals surface area (Å²) in [4.78, 5) is 11.2. The van der Waals surface area contributed by atoms with Gasteiger partial charge in [0.05, 0.1) is 11.9 Å². The molecule has 2 atom stereocenters. The van der Waals surface area contributed by atoms with Crippen LogP contribution in [0, 0.1) is 0 Å². The molecule has 6 heteroatoms. The number of aromatic nitrogens is 2. The van der Waals surface area contributed by atoms with Crippen molar-refractivity contribution in [3.8, 4) is 0 Å². The van der Waals surface area contributed by atoms with Crippen molar-refractivity contribution in [2.45, 2.75) is 31.2 Å². The van der Waals surface area contributed by atoms with Crippen molar-refractivity contribution in [2.24, 2.45) is 0 Å². The fourth-order valence-corrected chi connectivity index (χ4v) is 3.05. The maximum Gasteiger partial charge on any atom is 0.241 e. The molecule has 5 nitrogen and oxygen atoms in total. The lowest BCUT2D eigenvalue weighted by atomic mass is 10.2. The van der Waals surface area contributed by atoms with Crippen LogP contribution in [0.15, 0.2) is 12.4 Å². The van der Waals surface area contributed by atoms with Crippen LogP contribution in [0.1, 0.15) is 13.3 Å². The molecule has 0 bridgehead atoms. The summed E-state index contributed by atoms with van der Waals surface area (Å²) in [6, 6.07) is 0.521. The molecule has 0 unspecified atom stereocenters. The third-order valence-corrected chi connectivity index (χ3v) is 4.14. The second-order valence-electron chi connectivity index (χ2n) is 4.32. The molecule has 94 valence electrons. The molecular weight excluding hydrogens is 236 g/mol. The average Bonchev–Trinajstić information content (AvgIpc) is 2.89.